The Morgan fingerprint density at radius 3 is 2.70 bits per heavy atom. The molecular formula is C22H27F2N3O5S. The number of ether oxygens (including phenoxy) is 1. The number of carbonyl (C=O) groups is 1. The Labute approximate surface area is 191 Å². The summed E-state index contributed by atoms with van der Waals surface area (Å²) in [5.41, 5.74) is 0.540. The highest BCUT2D eigenvalue weighted by Crippen LogP contribution is 2.23. The normalized spacial score (nSPS) is 20.9. The molecule has 1 aliphatic heterocycles. The number of anilines is 1. The van der Waals surface area contributed by atoms with Crippen LogP contribution in [-0.2, 0) is 14.8 Å². The predicted octanol–water partition coefficient (Wildman–Crippen LogP) is 2.67. The van der Waals surface area contributed by atoms with Gasteiger partial charge < -0.3 is 20.5 Å². The molecular weight excluding hydrogens is 456 g/mol. The SMILES string of the molecule is Cc1cccc(S(=O)(=O)N[C@H]2CC[C@@H](CCNC(=O)Nc3cc(F)ccc3F)O[C@H]2CO)c1. The van der Waals surface area contributed by atoms with E-state index in [0.717, 1.165) is 23.8 Å². The second-order valence-electron chi connectivity index (χ2n) is 7.89. The largest absolute Gasteiger partial charge is 0.394 e. The summed E-state index contributed by atoms with van der Waals surface area (Å²) in [6.45, 7) is 1.61. The van der Waals surface area contributed by atoms with Gasteiger partial charge in [0.25, 0.3) is 0 Å². The Hall–Kier alpha value is -2.60. The van der Waals surface area contributed by atoms with Gasteiger partial charge >= 0.3 is 6.03 Å². The molecule has 3 atom stereocenters. The summed E-state index contributed by atoms with van der Waals surface area (Å²) in [5.74, 6) is -1.43. The fourth-order valence-corrected chi connectivity index (χ4v) is 5.04. The second-order valence-corrected chi connectivity index (χ2v) is 9.61. The summed E-state index contributed by atoms with van der Waals surface area (Å²) < 4.78 is 60.6. The van der Waals surface area contributed by atoms with Gasteiger partial charge in [-0.1, -0.05) is 12.1 Å². The van der Waals surface area contributed by atoms with Crippen LogP contribution in [0.25, 0.3) is 0 Å². The van der Waals surface area contributed by atoms with Crippen LogP contribution in [-0.4, -0.2) is 51.0 Å². The zero-order valence-corrected chi connectivity index (χ0v) is 18.9. The molecule has 0 radical (unpaired) electrons. The van der Waals surface area contributed by atoms with Crippen molar-refractivity contribution in [3.8, 4) is 0 Å². The summed E-state index contributed by atoms with van der Waals surface area (Å²) in [4.78, 5) is 12.1. The Balaban J connectivity index is 1.48. The maximum atomic E-state index is 13.6. The lowest BCUT2D eigenvalue weighted by Gasteiger charge is -2.36. The lowest BCUT2D eigenvalue weighted by atomic mass is 9.98. The van der Waals surface area contributed by atoms with Crippen LogP contribution in [0, 0.1) is 18.6 Å². The highest BCUT2D eigenvalue weighted by Gasteiger charge is 2.33. The number of rotatable bonds is 8. The number of aliphatic hydroxyl groups is 1. The third kappa shape index (κ3) is 6.94. The molecule has 0 saturated carbocycles. The third-order valence-corrected chi connectivity index (χ3v) is 6.82. The number of sulfonamides is 1. The quantitative estimate of drug-likeness (QED) is 0.461. The molecule has 1 aliphatic rings. The third-order valence-electron chi connectivity index (χ3n) is 5.33. The van der Waals surface area contributed by atoms with E-state index in [1.54, 1.807) is 25.1 Å². The van der Waals surface area contributed by atoms with Crippen LogP contribution in [0.3, 0.4) is 0 Å². The highest BCUT2D eigenvalue weighted by molar-refractivity contribution is 7.89. The summed E-state index contributed by atoms with van der Waals surface area (Å²) >= 11 is 0. The summed E-state index contributed by atoms with van der Waals surface area (Å²) in [7, 11) is -3.77. The molecule has 1 heterocycles. The summed E-state index contributed by atoms with van der Waals surface area (Å²) in [6, 6.07) is 7.98. The van der Waals surface area contributed by atoms with E-state index in [9.17, 15) is 27.1 Å². The van der Waals surface area contributed by atoms with Crippen LogP contribution in [0.1, 0.15) is 24.8 Å². The Kier molecular flexibility index (Phi) is 8.35. The smallest absolute Gasteiger partial charge is 0.319 e. The minimum atomic E-state index is -3.77. The lowest BCUT2D eigenvalue weighted by Crippen LogP contribution is -2.51. The van der Waals surface area contributed by atoms with E-state index in [0.29, 0.717) is 19.3 Å². The highest BCUT2D eigenvalue weighted by atomic mass is 32.2. The minimum Gasteiger partial charge on any atom is -0.394 e. The van der Waals surface area contributed by atoms with E-state index in [1.165, 1.54) is 6.07 Å². The molecule has 4 N–H and O–H groups in total. The molecule has 33 heavy (non-hydrogen) atoms. The molecule has 1 saturated heterocycles. The van der Waals surface area contributed by atoms with Crippen LogP contribution >= 0.6 is 0 Å². The monoisotopic (exact) mass is 483 g/mol. The maximum Gasteiger partial charge on any atom is 0.319 e. The number of hydrogen-bond donors (Lipinski definition) is 4. The van der Waals surface area contributed by atoms with Crippen molar-refractivity contribution in [1.29, 1.82) is 0 Å². The van der Waals surface area contributed by atoms with Crippen LogP contribution in [0.4, 0.5) is 19.3 Å². The van der Waals surface area contributed by atoms with E-state index < -0.39 is 39.8 Å². The van der Waals surface area contributed by atoms with Gasteiger partial charge in [-0.25, -0.2) is 26.7 Å². The first-order chi connectivity index (χ1) is 15.7. The number of aryl methyl sites for hydroxylation is 1. The van der Waals surface area contributed by atoms with E-state index in [4.69, 9.17) is 4.74 Å². The predicted molar refractivity (Wildman–Crippen MR) is 118 cm³/mol. The zero-order valence-electron chi connectivity index (χ0n) is 18.1. The molecule has 2 aromatic carbocycles. The summed E-state index contributed by atoms with van der Waals surface area (Å²) in [6.07, 6.45) is 0.306. The van der Waals surface area contributed by atoms with Crippen molar-refractivity contribution in [3.63, 3.8) is 0 Å². The molecule has 0 bridgehead atoms. The standard InChI is InChI=1S/C22H27F2N3O5S/c1-14-3-2-4-17(11-14)33(30,31)27-19-8-6-16(32-21(19)13-28)9-10-25-22(29)26-20-12-15(23)5-7-18(20)24/h2-5,7,11-12,16,19,21,27-28H,6,8-10,13H2,1H3,(H2,25,26,29)/t16-,19-,21-/m0/s1. The Morgan fingerprint density at radius 1 is 1.18 bits per heavy atom. The van der Waals surface area contributed by atoms with Crippen LogP contribution in [0.5, 0.6) is 0 Å². The van der Waals surface area contributed by atoms with Crippen molar-refractivity contribution < 1.29 is 31.8 Å². The van der Waals surface area contributed by atoms with Crippen molar-refractivity contribution in [2.24, 2.45) is 0 Å². The van der Waals surface area contributed by atoms with Crippen molar-refractivity contribution >= 4 is 21.7 Å². The van der Waals surface area contributed by atoms with E-state index in [1.807, 2.05) is 0 Å². The fourth-order valence-electron chi connectivity index (χ4n) is 3.64. The Morgan fingerprint density at radius 2 is 1.97 bits per heavy atom. The zero-order chi connectivity index (χ0) is 24.0. The first-order valence-corrected chi connectivity index (χ1v) is 12.0. The van der Waals surface area contributed by atoms with Gasteiger partial charge in [-0.3, -0.25) is 0 Å². The van der Waals surface area contributed by atoms with Crippen molar-refractivity contribution in [1.82, 2.24) is 10.0 Å². The molecule has 2 aromatic rings. The van der Waals surface area contributed by atoms with Gasteiger partial charge in [0.2, 0.25) is 10.0 Å². The molecule has 2 amide bonds. The molecule has 0 aromatic heterocycles. The van der Waals surface area contributed by atoms with E-state index in [2.05, 4.69) is 15.4 Å². The molecule has 8 nitrogen and oxygen atoms in total. The maximum absolute atomic E-state index is 13.6. The van der Waals surface area contributed by atoms with Gasteiger partial charge in [-0.2, -0.15) is 0 Å². The first-order valence-electron chi connectivity index (χ1n) is 10.5. The lowest BCUT2D eigenvalue weighted by molar-refractivity contribution is -0.0871. The van der Waals surface area contributed by atoms with Gasteiger partial charge in [-0.15, -0.1) is 0 Å². The van der Waals surface area contributed by atoms with Crippen molar-refractivity contribution in [2.45, 2.75) is 49.3 Å². The van der Waals surface area contributed by atoms with Gasteiger partial charge in [0.05, 0.1) is 35.4 Å². The molecule has 11 heteroatoms. The molecule has 3 rings (SSSR count). The minimum absolute atomic E-state index is 0.145. The molecule has 0 spiro atoms. The molecule has 0 aliphatic carbocycles. The molecule has 1 fully saturated rings. The Bertz CT molecular complexity index is 1080. The number of halogens is 2. The van der Waals surface area contributed by atoms with E-state index in [-0.39, 0.29) is 29.8 Å². The number of carbonyl (C=O) groups excluding carboxylic acids is 1. The van der Waals surface area contributed by atoms with Gasteiger partial charge in [-0.05, 0) is 56.0 Å². The van der Waals surface area contributed by atoms with Gasteiger partial charge in [0.1, 0.15) is 11.6 Å². The molecule has 180 valence electrons. The number of nitrogens with one attached hydrogen (secondary N) is 3. The van der Waals surface area contributed by atoms with Crippen LogP contribution in [0.2, 0.25) is 0 Å². The average molecular weight is 484 g/mol. The number of hydrogen-bond acceptors (Lipinski definition) is 5. The van der Waals surface area contributed by atoms with Gasteiger partial charge in [0, 0.05) is 12.6 Å². The van der Waals surface area contributed by atoms with E-state index >= 15 is 0 Å². The number of benzene rings is 2. The van der Waals surface area contributed by atoms with Crippen LogP contribution in [0.15, 0.2) is 47.4 Å². The first kappa shape index (κ1) is 25.0. The summed E-state index contributed by atoms with van der Waals surface area (Å²) in [5, 5.41) is 14.5. The fraction of sp³-hybridized carbons (Fsp3) is 0.409. The topological polar surface area (TPSA) is 117 Å². The molecule has 0 unspecified atom stereocenters. The van der Waals surface area contributed by atoms with Crippen LogP contribution < -0.4 is 15.4 Å². The van der Waals surface area contributed by atoms with Crippen molar-refractivity contribution in [3.05, 3.63) is 59.7 Å². The second kappa shape index (κ2) is 11.0. The number of amides is 2. The van der Waals surface area contributed by atoms with Gasteiger partial charge in [0.15, 0.2) is 0 Å². The van der Waals surface area contributed by atoms with Crippen molar-refractivity contribution in [2.75, 3.05) is 18.5 Å². The number of aliphatic hydroxyl groups excluding tert-OH is 1. The number of urea groups is 1. The average Bonchev–Trinajstić information content (AvgIpc) is 2.77.